The maximum atomic E-state index is 12.9. The molecule has 3 rings (SSSR count). The van der Waals surface area contributed by atoms with Gasteiger partial charge in [-0.05, 0) is 43.7 Å². The standard InChI is InChI=1S/C19H23NO6S/c1-19(2,13-5-7-16-18(11-13)26-10-9-25-16)20-27(21,22)14-6-8-15(23-3)17(12-14)24-4/h5-8,11-12,20H,9-10H2,1-4H3. The summed E-state index contributed by atoms with van der Waals surface area (Å²) in [6.07, 6.45) is 0. The van der Waals surface area contributed by atoms with E-state index in [0.29, 0.717) is 36.2 Å². The highest BCUT2D eigenvalue weighted by Crippen LogP contribution is 2.35. The predicted octanol–water partition coefficient (Wildman–Crippen LogP) is 2.69. The predicted molar refractivity (Wildman–Crippen MR) is 100 cm³/mol. The first-order chi connectivity index (χ1) is 12.8. The van der Waals surface area contributed by atoms with Crippen LogP contribution in [0.1, 0.15) is 19.4 Å². The Morgan fingerprint density at radius 1 is 0.926 bits per heavy atom. The zero-order valence-corrected chi connectivity index (χ0v) is 16.6. The molecule has 146 valence electrons. The van der Waals surface area contributed by atoms with Crippen molar-refractivity contribution >= 4 is 10.0 Å². The van der Waals surface area contributed by atoms with E-state index >= 15 is 0 Å². The number of hydrogen-bond donors (Lipinski definition) is 1. The minimum absolute atomic E-state index is 0.0887. The van der Waals surface area contributed by atoms with Gasteiger partial charge in [0.05, 0.1) is 24.7 Å². The normalized spacial score (nSPS) is 13.9. The first kappa shape index (κ1) is 19.3. The van der Waals surface area contributed by atoms with E-state index in [-0.39, 0.29) is 4.90 Å². The number of ether oxygens (including phenoxy) is 4. The third kappa shape index (κ3) is 3.96. The van der Waals surface area contributed by atoms with Crippen molar-refractivity contribution in [3.63, 3.8) is 0 Å². The van der Waals surface area contributed by atoms with Gasteiger partial charge in [-0.1, -0.05) is 6.07 Å². The molecule has 0 bridgehead atoms. The quantitative estimate of drug-likeness (QED) is 0.813. The molecule has 0 radical (unpaired) electrons. The lowest BCUT2D eigenvalue weighted by Gasteiger charge is -2.28. The van der Waals surface area contributed by atoms with Crippen LogP contribution in [-0.4, -0.2) is 35.9 Å². The summed E-state index contributed by atoms with van der Waals surface area (Å²) in [7, 11) is -0.848. The van der Waals surface area contributed by atoms with Gasteiger partial charge in [0.2, 0.25) is 10.0 Å². The zero-order chi connectivity index (χ0) is 19.7. The number of fused-ring (bicyclic) bond motifs is 1. The fourth-order valence-electron chi connectivity index (χ4n) is 2.87. The Labute approximate surface area is 159 Å². The smallest absolute Gasteiger partial charge is 0.241 e. The summed E-state index contributed by atoms with van der Waals surface area (Å²) < 4.78 is 50.0. The summed E-state index contributed by atoms with van der Waals surface area (Å²) in [4.78, 5) is 0.0887. The molecule has 27 heavy (non-hydrogen) atoms. The highest BCUT2D eigenvalue weighted by Gasteiger charge is 2.30. The van der Waals surface area contributed by atoms with E-state index in [0.717, 1.165) is 5.56 Å². The fourth-order valence-corrected chi connectivity index (χ4v) is 4.29. The van der Waals surface area contributed by atoms with Crippen LogP contribution < -0.4 is 23.7 Å². The number of sulfonamides is 1. The zero-order valence-electron chi connectivity index (χ0n) is 15.7. The number of methoxy groups -OCH3 is 2. The van der Waals surface area contributed by atoms with Crippen LogP contribution in [0.5, 0.6) is 23.0 Å². The molecule has 1 N–H and O–H groups in total. The molecular formula is C19H23NO6S. The van der Waals surface area contributed by atoms with E-state index in [1.807, 2.05) is 6.07 Å². The van der Waals surface area contributed by atoms with Gasteiger partial charge in [0.25, 0.3) is 0 Å². The van der Waals surface area contributed by atoms with Gasteiger partial charge in [-0.15, -0.1) is 0 Å². The van der Waals surface area contributed by atoms with Crippen LogP contribution in [0, 0.1) is 0 Å². The summed E-state index contributed by atoms with van der Waals surface area (Å²) in [6, 6.07) is 9.88. The molecule has 2 aromatic rings. The second-order valence-corrected chi connectivity index (χ2v) is 8.29. The summed E-state index contributed by atoms with van der Waals surface area (Å²) in [6.45, 7) is 4.54. The molecule has 1 aliphatic heterocycles. The van der Waals surface area contributed by atoms with Crippen LogP contribution in [0.25, 0.3) is 0 Å². The Morgan fingerprint density at radius 3 is 2.26 bits per heavy atom. The van der Waals surface area contributed by atoms with E-state index in [4.69, 9.17) is 18.9 Å². The molecular weight excluding hydrogens is 370 g/mol. The van der Waals surface area contributed by atoms with Crippen LogP contribution in [0.4, 0.5) is 0 Å². The summed E-state index contributed by atoms with van der Waals surface area (Å²) in [5, 5.41) is 0. The van der Waals surface area contributed by atoms with Gasteiger partial charge in [0.1, 0.15) is 13.2 Å². The Morgan fingerprint density at radius 2 is 1.59 bits per heavy atom. The molecule has 0 atom stereocenters. The van der Waals surface area contributed by atoms with Gasteiger partial charge in [-0.3, -0.25) is 0 Å². The monoisotopic (exact) mass is 393 g/mol. The second kappa shape index (κ2) is 7.28. The number of rotatable bonds is 6. The third-order valence-electron chi connectivity index (χ3n) is 4.32. The molecule has 8 heteroatoms. The molecule has 0 aliphatic carbocycles. The molecule has 1 heterocycles. The highest BCUT2D eigenvalue weighted by atomic mass is 32.2. The van der Waals surface area contributed by atoms with Gasteiger partial charge in [-0.2, -0.15) is 0 Å². The summed E-state index contributed by atoms with van der Waals surface area (Å²) in [5.41, 5.74) is -0.113. The van der Waals surface area contributed by atoms with Crippen molar-refractivity contribution in [1.82, 2.24) is 4.72 Å². The van der Waals surface area contributed by atoms with Crippen LogP contribution in [0.2, 0.25) is 0 Å². The number of nitrogens with one attached hydrogen (secondary N) is 1. The molecule has 0 saturated heterocycles. The van der Waals surface area contributed by atoms with Crippen molar-refractivity contribution in [1.29, 1.82) is 0 Å². The van der Waals surface area contributed by atoms with Gasteiger partial charge in [-0.25, -0.2) is 13.1 Å². The van der Waals surface area contributed by atoms with Crippen molar-refractivity contribution in [2.45, 2.75) is 24.3 Å². The minimum Gasteiger partial charge on any atom is -0.493 e. The molecule has 1 aliphatic rings. The average Bonchev–Trinajstić information content (AvgIpc) is 2.66. The number of hydrogen-bond acceptors (Lipinski definition) is 6. The van der Waals surface area contributed by atoms with Crippen molar-refractivity contribution in [2.24, 2.45) is 0 Å². The lowest BCUT2D eigenvalue weighted by molar-refractivity contribution is 0.171. The van der Waals surface area contributed by atoms with Crippen LogP contribution >= 0.6 is 0 Å². The fraction of sp³-hybridized carbons (Fsp3) is 0.368. The van der Waals surface area contributed by atoms with Crippen molar-refractivity contribution < 1.29 is 27.4 Å². The van der Waals surface area contributed by atoms with Crippen molar-refractivity contribution in [2.75, 3.05) is 27.4 Å². The van der Waals surface area contributed by atoms with Crippen LogP contribution in [-0.2, 0) is 15.6 Å². The molecule has 0 saturated carbocycles. The SMILES string of the molecule is COc1ccc(S(=O)(=O)NC(C)(C)c2ccc3c(c2)OCCO3)cc1OC. The van der Waals surface area contributed by atoms with E-state index in [1.54, 1.807) is 32.0 Å². The van der Waals surface area contributed by atoms with Crippen LogP contribution in [0.3, 0.4) is 0 Å². The maximum Gasteiger partial charge on any atom is 0.241 e. The van der Waals surface area contributed by atoms with E-state index in [2.05, 4.69) is 4.72 Å². The minimum atomic E-state index is -3.80. The van der Waals surface area contributed by atoms with Gasteiger partial charge >= 0.3 is 0 Å². The van der Waals surface area contributed by atoms with Crippen molar-refractivity contribution in [3.8, 4) is 23.0 Å². The van der Waals surface area contributed by atoms with Gasteiger partial charge in [0, 0.05) is 6.07 Å². The highest BCUT2D eigenvalue weighted by molar-refractivity contribution is 7.89. The lowest BCUT2D eigenvalue weighted by Crippen LogP contribution is -2.41. The molecule has 0 fully saturated rings. The van der Waals surface area contributed by atoms with Crippen molar-refractivity contribution in [3.05, 3.63) is 42.0 Å². The lowest BCUT2D eigenvalue weighted by atomic mass is 9.95. The molecule has 7 nitrogen and oxygen atoms in total. The van der Waals surface area contributed by atoms with Gasteiger partial charge in [0.15, 0.2) is 23.0 Å². The first-order valence-electron chi connectivity index (χ1n) is 8.43. The molecule has 0 spiro atoms. The Hall–Kier alpha value is -2.45. The third-order valence-corrected chi connectivity index (χ3v) is 5.97. The first-order valence-corrected chi connectivity index (χ1v) is 9.91. The molecule has 0 amide bonds. The van der Waals surface area contributed by atoms with E-state index in [9.17, 15) is 8.42 Å². The maximum absolute atomic E-state index is 12.9. The van der Waals surface area contributed by atoms with Crippen LogP contribution in [0.15, 0.2) is 41.3 Å². The molecule has 2 aromatic carbocycles. The summed E-state index contributed by atoms with van der Waals surface area (Å²) in [5.74, 6) is 2.07. The van der Waals surface area contributed by atoms with E-state index in [1.165, 1.54) is 26.4 Å². The second-order valence-electron chi connectivity index (χ2n) is 6.61. The Kier molecular flexibility index (Phi) is 5.21. The van der Waals surface area contributed by atoms with Gasteiger partial charge < -0.3 is 18.9 Å². The topological polar surface area (TPSA) is 83.1 Å². The molecule has 0 unspecified atom stereocenters. The molecule has 0 aromatic heterocycles. The largest absolute Gasteiger partial charge is 0.493 e. The summed E-state index contributed by atoms with van der Waals surface area (Å²) >= 11 is 0. The number of benzene rings is 2. The average molecular weight is 393 g/mol. The van der Waals surface area contributed by atoms with E-state index < -0.39 is 15.6 Å². The Bertz CT molecular complexity index is 939. The Balaban J connectivity index is 1.90.